The van der Waals surface area contributed by atoms with Gasteiger partial charge in [-0.1, -0.05) is 30.0 Å². The maximum Gasteiger partial charge on any atom is 0.276 e. The normalized spacial score (nSPS) is 12.7. The smallest absolute Gasteiger partial charge is 0.276 e. The third kappa shape index (κ3) is 4.07. The minimum Gasteiger partial charge on any atom is -0.497 e. The molecule has 1 aliphatic heterocycles. The Morgan fingerprint density at radius 1 is 1.17 bits per heavy atom. The maximum absolute atomic E-state index is 12.6. The number of anilines is 1. The van der Waals surface area contributed by atoms with Gasteiger partial charge in [0.1, 0.15) is 11.5 Å². The summed E-state index contributed by atoms with van der Waals surface area (Å²) in [6.45, 7) is 0.741. The van der Waals surface area contributed by atoms with Gasteiger partial charge in [-0.2, -0.15) is 0 Å². The van der Waals surface area contributed by atoms with Gasteiger partial charge in [0.25, 0.3) is 11.1 Å². The molecule has 3 aromatic rings. The zero-order valence-corrected chi connectivity index (χ0v) is 17.1. The first kappa shape index (κ1) is 19.3. The van der Waals surface area contributed by atoms with Crippen molar-refractivity contribution in [2.24, 2.45) is 0 Å². The number of carbonyl (C=O) groups is 1. The molecule has 29 heavy (non-hydrogen) atoms. The molecule has 0 aliphatic carbocycles. The van der Waals surface area contributed by atoms with Crippen LogP contribution in [0, 0.1) is 0 Å². The molecule has 0 atom stereocenters. The lowest BCUT2D eigenvalue weighted by Gasteiger charge is -2.16. The number of aromatic nitrogens is 2. The van der Waals surface area contributed by atoms with Gasteiger partial charge in [0.2, 0.25) is 5.91 Å². The largest absolute Gasteiger partial charge is 0.497 e. The van der Waals surface area contributed by atoms with Crippen molar-refractivity contribution >= 4 is 23.4 Å². The van der Waals surface area contributed by atoms with Crippen molar-refractivity contribution in [1.29, 1.82) is 0 Å². The van der Waals surface area contributed by atoms with Crippen molar-refractivity contribution in [2.75, 3.05) is 31.4 Å². The van der Waals surface area contributed by atoms with Crippen molar-refractivity contribution in [3.05, 3.63) is 48.0 Å². The lowest BCUT2D eigenvalue weighted by atomic mass is 10.2. The summed E-state index contributed by atoms with van der Waals surface area (Å²) in [7, 11) is 3.17. The van der Waals surface area contributed by atoms with Gasteiger partial charge in [-0.25, -0.2) is 0 Å². The number of amides is 1. The zero-order chi connectivity index (χ0) is 20.2. The summed E-state index contributed by atoms with van der Waals surface area (Å²) in [5, 5.41) is 8.60. The van der Waals surface area contributed by atoms with Gasteiger partial charge in [0, 0.05) is 30.5 Å². The van der Waals surface area contributed by atoms with Crippen LogP contribution in [-0.2, 0) is 11.2 Å². The lowest BCUT2D eigenvalue weighted by molar-refractivity contribution is -0.118. The van der Waals surface area contributed by atoms with Crippen LogP contribution < -0.4 is 14.4 Å². The number of carbonyl (C=O) groups excluding carboxylic acids is 1. The van der Waals surface area contributed by atoms with Crippen molar-refractivity contribution in [3.8, 4) is 23.0 Å². The molecule has 2 heterocycles. The average Bonchev–Trinajstić information content (AvgIpc) is 3.40. The van der Waals surface area contributed by atoms with Gasteiger partial charge in [0.05, 0.1) is 19.8 Å². The van der Waals surface area contributed by atoms with Gasteiger partial charge in [0.15, 0.2) is 0 Å². The fourth-order valence-electron chi connectivity index (χ4n) is 3.31. The van der Waals surface area contributed by atoms with Crippen LogP contribution in [0.3, 0.4) is 0 Å². The van der Waals surface area contributed by atoms with Crippen LogP contribution in [0.1, 0.15) is 12.0 Å². The Kier molecular flexibility index (Phi) is 5.71. The Labute approximate surface area is 173 Å². The first-order valence-electron chi connectivity index (χ1n) is 9.26. The first-order valence-corrected chi connectivity index (χ1v) is 10.2. The van der Waals surface area contributed by atoms with Crippen LogP contribution in [0.4, 0.5) is 5.69 Å². The second-order valence-electron chi connectivity index (χ2n) is 6.46. The highest BCUT2D eigenvalue weighted by molar-refractivity contribution is 7.99. The summed E-state index contributed by atoms with van der Waals surface area (Å²) in [5.74, 6) is 2.32. The number of para-hydroxylation sites is 1. The molecule has 1 amide bonds. The molecule has 0 N–H and O–H groups in total. The third-order valence-corrected chi connectivity index (χ3v) is 5.60. The Morgan fingerprint density at radius 3 is 2.86 bits per heavy atom. The van der Waals surface area contributed by atoms with E-state index in [-0.39, 0.29) is 5.91 Å². The van der Waals surface area contributed by atoms with E-state index in [1.807, 2.05) is 29.2 Å². The number of thioether (sulfide) groups is 1. The predicted octanol–water partition coefficient (Wildman–Crippen LogP) is 3.83. The number of fused-ring (bicyclic) bond motifs is 1. The molecule has 150 valence electrons. The molecule has 0 unspecified atom stereocenters. The zero-order valence-electron chi connectivity index (χ0n) is 16.3. The van der Waals surface area contributed by atoms with Crippen LogP contribution in [0.5, 0.6) is 11.5 Å². The number of rotatable bonds is 7. The predicted molar refractivity (Wildman–Crippen MR) is 111 cm³/mol. The Hall–Kier alpha value is -3.00. The van der Waals surface area contributed by atoms with Gasteiger partial charge < -0.3 is 18.8 Å². The van der Waals surface area contributed by atoms with E-state index in [0.717, 1.165) is 18.7 Å². The molecule has 2 aromatic carbocycles. The van der Waals surface area contributed by atoms with E-state index >= 15 is 0 Å². The summed E-state index contributed by atoms with van der Waals surface area (Å²) in [4.78, 5) is 14.4. The molecular formula is C21H21N3O4S. The SMILES string of the molecule is COc1ccc(-c2nnc(SCCC(=O)N3CCc4ccccc43)o2)c(OC)c1. The molecule has 7 nitrogen and oxygen atoms in total. The second-order valence-corrected chi connectivity index (χ2v) is 7.51. The molecule has 0 bridgehead atoms. The molecule has 0 radical (unpaired) electrons. The number of hydrogen-bond acceptors (Lipinski definition) is 7. The van der Waals surface area contributed by atoms with Crippen LogP contribution in [-0.4, -0.2) is 42.6 Å². The fourth-order valence-corrected chi connectivity index (χ4v) is 4.00. The summed E-state index contributed by atoms with van der Waals surface area (Å²) in [6.07, 6.45) is 1.31. The van der Waals surface area contributed by atoms with Gasteiger partial charge in [-0.3, -0.25) is 4.79 Å². The van der Waals surface area contributed by atoms with E-state index in [1.54, 1.807) is 26.4 Å². The third-order valence-electron chi connectivity index (χ3n) is 4.78. The van der Waals surface area contributed by atoms with Crippen molar-refractivity contribution in [1.82, 2.24) is 10.2 Å². The van der Waals surface area contributed by atoms with Gasteiger partial charge >= 0.3 is 0 Å². The van der Waals surface area contributed by atoms with Crippen molar-refractivity contribution in [2.45, 2.75) is 18.1 Å². The number of ether oxygens (including phenoxy) is 2. The second kappa shape index (κ2) is 8.57. The van der Waals surface area contributed by atoms with Crippen LogP contribution in [0.15, 0.2) is 52.1 Å². The number of nitrogens with zero attached hydrogens (tertiary/aromatic N) is 3. The summed E-state index contributed by atoms with van der Waals surface area (Å²) in [6, 6.07) is 13.4. The lowest BCUT2D eigenvalue weighted by Crippen LogP contribution is -2.29. The van der Waals surface area contributed by atoms with Crippen molar-refractivity contribution in [3.63, 3.8) is 0 Å². The standard InChI is InChI=1S/C21H21N3O4S/c1-26-15-7-8-16(18(13-15)27-2)20-22-23-21(28-20)29-12-10-19(25)24-11-9-14-5-3-4-6-17(14)24/h3-8,13H,9-12H2,1-2H3. The highest BCUT2D eigenvalue weighted by Crippen LogP contribution is 2.34. The number of hydrogen-bond donors (Lipinski definition) is 0. The van der Waals surface area contributed by atoms with Crippen LogP contribution in [0.25, 0.3) is 11.5 Å². The average molecular weight is 411 g/mol. The summed E-state index contributed by atoms with van der Waals surface area (Å²) >= 11 is 1.37. The Balaban J connectivity index is 1.36. The van der Waals surface area contributed by atoms with Crippen LogP contribution in [0.2, 0.25) is 0 Å². The van der Waals surface area contributed by atoms with E-state index in [4.69, 9.17) is 13.9 Å². The fraction of sp³-hybridized carbons (Fsp3) is 0.286. The van der Waals surface area contributed by atoms with Gasteiger partial charge in [-0.15, -0.1) is 10.2 Å². The highest BCUT2D eigenvalue weighted by atomic mass is 32.2. The summed E-state index contributed by atoms with van der Waals surface area (Å²) in [5.41, 5.74) is 2.94. The van der Waals surface area contributed by atoms with E-state index in [2.05, 4.69) is 16.3 Å². The van der Waals surface area contributed by atoms with E-state index in [0.29, 0.717) is 40.3 Å². The monoisotopic (exact) mass is 411 g/mol. The molecule has 1 aliphatic rings. The molecule has 0 fully saturated rings. The quantitative estimate of drug-likeness (QED) is 0.547. The maximum atomic E-state index is 12.6. The molecule has 4 rings (SSSR count). The van der Waals surface area contributed by atoms with Crippen molar-refractivity contribution < 1.29 is 18.7 Å². The summed E-state index contributed by atoms with van der Waals surface area (Å²) < 4.78 is 16.3. The minimum atomic E-state index is 0.110. The first-order chi connectivity index (χ1) is 14.2. The van der Waals surface area contributed by atoms with Crippen LogP contribution >= 0.6 is 11.8 Å². The molecule has 0 saturated carbocycles. The molecule has 1 aromatic heterocycles. The van der Waals surface area contributed by atoms with E-state index in [9.17, 15) is 4.79 Å². The highest BCUT2D eigenvalue weighted by Gasteiger charge is 2.24. The van der Waals surface area contributed by atoms with E-state index < -0.39 is 0 Å². The molecule has 0 spiro atoms. The number of benzene rings is 2. The topological polar surface area (TPSA) is 77.7 Å². The molecule has 8 heteroatoms. The van der Waals surface area contributed by atoms with E-state index in [1.165, 1.54) is 17.3 Å². The number of methoxy groups -OCH3 is 2. The molecular weight excluding hydrogens is 390 g/mol. The Morgan fingerprint density at radius 2 is 2.03 bits per heavy atom. The molecule has 0 saturated heterocycles. The Bertz CT molecular complexity index is 1020. The minimum absolute atomic E-state index is 0.110. The van der Waals surface area contributed by atoms with Gasteiger partial charge in [-0.05, 0) is 30.2 Å².